The van der Waals surface area contributed by atoms with Gasteiger partial charge >= 0.3 is 0 Å². The molecule has 0 aromatic rings. The lowest BCUT2D eigenvalue weighted by molar-refractivity contribution is 0.205. The highest BCUT2D eigenvalue weighted by Crippen LogP contribution is 2.42. The first-order chi connectivity index (χ1) is 8.72. The van der Waals surface area contributed by atoms with Gasteiger partial charge in [0.1, 0.15) is 0 Å². The molecule has 1 aliphatic rings. The van der Waals surface area contributed by atoms with Gasteiger partial charge in [0.2, 0.25) is 0 Å². The fraction of sp³-hybridized carbons (Fsp3) is 0.750. The molecule has 2 unspecified atom stereocenters. The maximum absolute atomic E-state index is 6.12. The largest absolute Gasteiger partial charge is 0.330 e. The first-order valence-electron chi connectivity index (χ1n) is 7.49. The fourth-order valence-corrected chi connectivity index (χ4v) is 3.18. The van der Waals surface area contributed by atoms with Crippen LogP contribution in [0.5, 0.6) is 0 Å². The quantitative estimate of drug-likeness (QED) is 0.649. The Morgan fingerprint density at radius 3 is 2.61 bits per heavy atom. The molecule has 0 aromatic heterocycles. The molecule has 4 N–H and O–H groups in total. The molecule has 0 heterocycles. The zero-order valence-electron chi connectivity index (χ0n) is 12.1. The Morgan fingerprint density at radius 1 is 1.28 bits per heavy atom. The van der Waals surface area contributed by atoms with Gasteiger partial charge in [0.15, 0.2) is 0 Å². The molecule has 0 fully saturated rings. The maximum Gasteiger partial charge on any atom is 0.0140 e. The van der Waals surface area contributed by atoms with Crippen LogP contribution in [0.25, 0.3) is 0 Å². The predicted molar refractivity (Wildman–Crippen MR) is 80.3 cm³/mol. The Kier molecular flexibility index (Phi) is 6.66. The van der Waals surface area contributed by atoms with Gasteiger partial charge in [-0.15, -0.1) is 0 Å². The summed E-state index contributed by atoms with van der Waals surface area (Å²) in [6, 6.07) is 0. The molecule has 2 nitrogen and oxygen atoms in total. The van der Waals surface area contributed by atoms with E-state index in [-0.39, 0.29) is 5.41 Å². The third-order valence-electron chi connectivity index (χ3n) is 4.42. The van der Waals surface area contributed by atoms with Crippen molar-refractivity contribution >= 4 is 0 Å². The van der Waals surface area contributed by atoms with E-state index >= 15 is 0 Å². The SMILES string of the molecule is CCCCCC(CC)C1(CN)C=CC=C(CN)C1. The van der Waals surface area contributed by atoms with Crippen molar-refractivity contribution in [2.75, 3.05) is 13.1 Å². The lowest BCUT2D eigenvalue weighted by Crippen LogP contribution is -2.38. The van der Waals surface area contributed by atoms with Crippen LogP contribution in [-0.4, -0.2) is 13.1 Å². The second-order valence-corrected chi connectivity index (χ2v) is 5.60. The number of hydrogen-bond acceptors (Lipinski definition) is 2. The van der Waals surface area contributed by atoms with E-state index in [1.54, 1.807) is 0 Å². The van der Waals surface area contributed by atoms with Gasteiger partial charge in [0.25, 0.3) is 0 Å². The van der Waals surface area contributed by atoms with Crippen LogP contribution >= 0.6 is 0 Å². The Hall–Kier alpha value is -0.600. The topological polar surface area (TPSA) is 52.0 Å². The zero-order chi connectivity index (χ0) is 13.4. The standard InChI is InChI=1S/C16H30N2/c1-3-5-6-9-15(4-2)16(13-18)10-7-8-14(11-16)12-17/h7-8,10,15H,3-6,9,11-13,17-18H2,1-2H3. The van der Waals surface area contributed by atoms with Crippen LogP contribution in [0.4, 0.5) is 0 Å². The summed E-state index contributed by atoms with van der Waals surface area (Å²) in [5.74, 6) is 0.695. The lowest BCUT2D eigenvalue weighted by Gasteiger charge is -2.40. The van der Waals surface area contributed by atoms with Crippen LogP contribution in [0, 0.1) is 11.3 Å². The van der Waals surface area contributed by atoms with Gasteiger partial charge in [-0.2, -0.15) is 0 Å². The number of unbranched alkanes of at least 4 members (excludes halogenated alkanes) is 2. The second kappa shape index (κ2) is 7.75. The maximum atomic E-state index is 6.12. The van der Waals surface area contributed by atoms with Crippen LogP contribution in [0.15, 0.2) is 23.8 Å². The number of rotatable bonds is 8. The summed E-state index contributed by atoms with van der Waals surface area (Å²) >= 11 is 0. The molecule has 0 aromatic carbocycles. The summed E-state index contributed by atoms with van der Waals surface area (Å²) in [6.45, 7) is 5.96. The second-order valence-electron chi connectivity index (χ2n) is 5.60. The first kappa shape index (κ1) is 15.5. The van der Waals surface area contributed by atoms with Crippen molar-refractivity contribution in [3.05, 3.63) is 23.8 Å². The fourth-order valence-electron chi connectivity index (χ4n) is 3.18. The lowest BCUT2D eigenvalue weighted by atomic mass is 9.66. The molecule has 0 saturated heterocycles. The van der Waals surface area contributed by atoms with E-state index in [0.717, 1.165) is 13.0 Å². The summed E-state index contributed by atoms with van der Waals surface area (Å²) in [5.41, 5.74) is 13.4. The molecule has 1 rings (SSSR count). The Balaban J connectivity index is 2.73. The Bertz CT molecular complexity index is 293. The molecular weight excluding hydrogens is 220 g/mol. The molecule has 0 spiro atoms. The summed E-state index contributed by atoms with van der Waals surface area (Å²) < 4.78 is 0. The third-order valence-corrected chi connectivity index (χ3v) is 4.42. The summed E-state index contributed by atoms with van der Waals surface area (Å²) in [7, 11) is 0. The molecule has 0 bridgehead atoms. The summed E-state index contributed by atoms with van der Waals surface area (Å²) in [4.78, 5) is 0. The minimum Gasteiger partial charge on any atom is -0.330 e. The van der Waals surface area contributed by atoms with Gasteiger partial charge in [0.05, 0.1) is 0 Å². The van der Waals surface area contributed by atoms with Crippen molar-refractivity contribution in [1.82, 2.24) is 0 Å². The van der Waals surface area contributed by atoms with E-state index < -0.39 is 0 Å². The molecule has 104 valence electrons. The third kappa shape index (κ3) is 3.69. The molecule has 2 atom stereocenters. The molecule has 0 radical (unpaired) electrons. The molecule has 0 amide bonds. The van der Waals surface area contributed by atoms with Crippen LogP contribution in [0.2, 0.25) is 0 Å². The zero-order valence-corrected chi connectivity index (χ0v) is 12.1. The van der Waals surface area contributed by atoms with Gasteiger partial charge in [-0.05, 0) is 18.8 Å². The van der Waals surface area contributed by atoms with Gasteiger partial charge in [-0.3, -0.25) is 0 Å². The van der Waals surface area contributed by atoms with Gasteiger partial charge in [-0.1, -0.05) is 63.3 Å². The Labute approximate surface area is 113 Å². The van der Waals surface area contributed by atoms with E-state index in [1.807, 2.05) is 0 Å². The average Bonchev–Trinajstić information content (AvgIpc) is 2.43. The smallest absolute Gasteiger partial charge is 0.0140 e. The minimum atomic E-state index is 0.159. The van der Waals surface area contributed by atoms with Crippen LogP contribution in [-0.2, 0) is 0 Å². The van der Waals surface area contributed by atoms with E-state index in [2.05, 4.69) is 32.1 Å². The van der Waals surface area contributed by atoms with Gasteiger partial charge in [-0.25, -0.2) is 0 Å². The van der Waals surface area contributed by atoms with Crippen LogP contribution in [0.3, 0.4) is 0 Å². The highest BCUT2D eigenvalue weighted by molar-refractivity contribution is 5.26. The van der Waals surface area contributed by atoms with Crippen LogP contribution in [0.1, 0.15) is 52.4 Å². The molecule has 18 heavy (non-hydrogen) atoms. The normalized spacial score (nSPS) is 25.0. The van der Waals surface area contributed by atoms with Gasteiger partial charge < -0.3 is 11.5 Å². The van der Waals surface area contributed by atoms with Crippen molar-refractivity contribution in [1.29, 1.82) is 0 Å². The van der Waals surface area contributed by atoms with E-state index in [9.17, 15) is 0 Å². The van der Waals surface area contributed by atoms with E-state index in [1.165, 1.54) is 37.7 Å². The van der Waals surface area contributed by atoms with Crippen molar-refractivity contribution in [3.8, 4) is 0 Å². The van der Waals surface area contributed by atoms with Crippen molar-refractivity contribution in [3.63, 3.8) is 0 Å². The highest BCUT2D eigenvalue weighted by atomic mass is 14.6. The monoisotopic (exact) mass is 250 g/mol. The van der Waals surface area contributed by atoms with Gasteiger partial charge in [0, 0.05) is 18.5 Å². The predicted octanol–water partition coefficient (Wildman–Crippen LogP) is 3.38. The number of nitrogens with two attached hydrogens (primary N) is 2. The minimum absolute atomic E-state index is 0.159. The average molecular weight is 250 g/mol. The summed E-state index contributed by atoms with van der Waals surface area (Å²) in [6.07, 6.45) is 14.2. The van der Waals surface area contributed by atoms with Crippen molar-refractivity contribution < 1.29 is 0 Å². The summed E-state index contributed by atoms with van der Waals surface area (Å²) in [5, 5.41) is 0. The first-order valence-corrected chi connectivity index (χ1v) is 7.49. The number of allylic oxidation sites excluding steroid dienone is 2. The number of hydrogen-bond donors (Lipinski definition) is 2. The molecule has 2 heteroatoms. The van der Waals surface area contributed by atoms with Crippen molar-refractivity contribution in [2.24, 2.45) is 22.8 Å². The highest BCUT2D eigenvalue weighted by Gasteiger charge is 2.35. The van der Waals surface area contributed by atoms with E-state index in [0.29, 0.717) is 12.5 Å². The molecule has 1 aliphatic carbocycles. The van der Waals surface area contributed by atoms with Crippen LogP contribution < -0.4 is 11.5 Å². The molecular formula is C16H30N2. The Morgan fingerprint density at radius 2 is 2.06 bits per heavy atom. The van der Waals surface area contributed by atoms with Crippen molar-refractivity contribution in [2.45, 2.75) is 52.4 Å². The molecule has 0 aliphatic heterocycles. The van der Waals surface area contributed by atoms with E-state index in [4.69, 9.17) is 11.5 Å². The molecule has 0 saturated carbocycles.